The summed E-state index contributed by atoms with van der Waals surface area (Å²) in [6, 6.07) is 0.173. The standard InChI is InChI=1S/C8H15N/c1-3-4-5-6-7-8(2)9/h4-8H,3,9H2,1-2H3/b5-4+,7-6+. The summed E-state index contributed by atoms with van der Waals surface area (Å²) in [7, 11) is 0. The highest BCUT2D eigenvalue weighted by Crippen LogP contribution is 1.83. The zero-order chi connectivity index (χ0) is 7.11. The largest absolute Gasteiger partial charge is 0.325 e. The third-order valence-corrected chi connectivity index (χ3v) is 0.898. The summed E-state index contributed by atoms with van der Waals surface area (Å²) >= 11 is 0. The van der Waals surface area contributed by atoms with Crippen LogP contribution in [0.25, 0.3) is 0 Å². The van der Waals surface area contributed by atoms with Crippen LogP contribution in [0.2, 0.25) is 0 Å². The Morgan fingerprint density at radius 3 is 2.56 bits per heavy atom. The molecular weight excluding hydrogens is 110 g/mol. The Morgan fingerprint density at radius 2 is 2.11 bits per heavy atom. The third kappa shape index (κ3) is 7.44. The van der Waals surface area contributed by atoms with Crippen LogP contribution >= 0.6 is 0 Å². The fraction of sp³-hybridized carbons (Fsp3) is 0.500. The van der Waals surface area contributed by atoms with E-state index in [-0.39, 0.29) is 6.04 Å². The lowest BCUT2D eigenvalue weighted by Gasteiger charge is -1.89. The van der Waals surface area contributed by atoms with Crippen LogP contribution in [-0.2, 0) is 0 Å². The topological polar surface area (TPSA) is 26.0 Å². The number of hydrogen-bond donors (Lipinski definition) is 1. The summed E-state index contributed by atoms with van der Waals surface area (Å²) in [6.07, 6.45) is 9.14. The molecule has 0 saturated carbocycles. The van der Waals surface area contributed by atoms with Crippen molar-refractivity contribution >= 4 is 0 Å². The van der Waals surface area contributed by atoms with Crippen LogP contribution in [0.1, 0.15) is 20.3 Å². The molecule has 52 valence electrons. The second kappa shape index (κ2) is 5.57. The van der Waals surface area contributed by atoms with Crippen molar-refractivity contribution in [1.29, 1.82) is 0 Å². The number of nitrogens with two attached hydrogens (primary N) is 1. The summed E-state index contributed by atoms with van der Waals surface area (Å²) in [5.41, 5.74) is 5.45. The van der Waals surface area contributed by atoms with Crippen LogP contribution in [0, 0.1) is 0 Å². The molecule has 0 heterocycles. The Morgan fingerprint density at radius 1 is 1.44 bits per heavy atom. The summed E-state index contributed by atoms with van der Waals surface area (Å²) in [4.78, 5) is 0. The quantitative estimate of drug-likeness (QED) is 0.572. The molecule has 0 bridgehead atoms. The first-order valence-electron chi connectivity index (χ1n) is 3.36. The molecule has 1 unspecified atom stereocenters. The van der Waals surface area contributed by atoms with E-state index in [4.69, 9.17) is 5.73 Å². The zero-order valence-corrected chi connectivity index (χ0v) is 6.17. The Labute approximate surface area is 57.3 Å². The van der Waals surface area contributed by atoms with Crippen LogP contribution in [0.15, 0.2) is 24.3 Å². The summed E-state index contributed by atoms with van der Waals surface area (Å²) in [6.45, 7) is 4.06. The zero-order valence-electron chi connectivity index (χ0n) is 6.17. The molecule has 0 rings (SSSR count). The minimum absolute atomic E-state index is 0.173. The lowest BCUT2D eigenvalue weighted by molar-refractivity contribution is 0.926. The summed E-state index contributed by atoms with van der Waals surface area (Å²) < 4.78 is 0. The average Bonchev–Trinajstić information content (AvgIpc) is 1.80. The van der Waals surface area contributed by atoms with Gasteiger partial charge in [0.25, 0.3) is 0 Å². The van der Waals surface area contributed by atoms with Gasteiger partial charge in [0.15, 0.2) is 0 Å². The van der Waals surface area contributed by atoms with Crippen LogP contribution in [-0.4, -0.2) is 6.04 Å². The van der Waals surface area contributed by atoms with Crippen LogP contribution < -0.4 is 5.73 Å². The van der Waals surface area contributed by atoms with Gasteiger partial charge in [-0.1, -0.05) is 31.2 Å². The fourth-order valence-electron chi connectivity index (χ4n) is 0.454. The molecule has 0 aromatic rings. The van der Waals surface area contributed by atoms with E-state index < -0.39 is 0 Å². The maximum absolute atomic E-state index is 5.45. The van der Waals surface area contributed by atoms with Crippen molar-refractivity contribution in [1.82, 2.24) is 0 Å². The fourth-order valence-corrected chi connectivity index (χ4v) is 0.454. The molecule has 2 N–H and O–H groups in total. The summed E-state index contributed by atoms with van der Waals surface area (Å²) in [5.74, 6) is 0. The van der Waals surface area contributed by atoms with Crippen molar-refractivity contribution in [3.63, 3.8) is 0 Å². The molecule has 0 aliphatic carbocycles. The highest BCUT2D eigenvalue weighted by atomic mass is 14.6. The van der Waals surface area contributed by atoms with Crippen molar-refractivity contribution in [2.45, 2.75) is 26.3 Å². The van der Waals surface area contributed by atoms with Crippen LogP contribution in [0.4, 0.5) is 0 Å². The molecule has 0 spiro atoms. The van der Waals surface area contributed by atoms with Gasteiger partial charge in [0.05, 0.1) is 0 Å². The molecule has 9 heavy (non-hydrogen) atoms. The SMILES string of the molecule is CC/C=C/C=C/C(C)N. The number of rotatable bonds is 3. The van der Waals surface area contributed by atoms with E-state index >= 15 is 0 Å². The smallest absolute Gasteiger partial charge is 0.0197 e. The first-order valence-corrected chi connectivity index (χ1v) is 3.36. The van der Waals surface area contributed by atoms with E-state index in [1.54, 1.807) is 0 Å². The van der Waals surface area contributed by atoms with Gasteiger partial charge < -0.3 is 5.73 Å². The molecule has 1 nitrogen and oxygen atoms in total. The van der Waals surface area contributed by atoms with E-state index in [1.807, 2.05) is 25.2 Å². The molecule has 0 saturated heterocycles. The summed E-state index contributed by atoms with van der Waals surface area (Å²) in [5, 5.41) is 0. The highest BCUT2D eigenvalue weighted by molar-refractivity contribution is 5.04. The predicted molar refractivity (Wildman–Crippen MR) is 42.2 cm³/mol. The van der Waals surface area contributed by atoms with Crippen molar-refractivity contribution < 1.29 is 0 Å². The van der Waals surface area contributed by atoms with Gasteiger partial charge in [-0.2, -0.15) is 0 Å². The Kier molecular flexibility index (Phi) is 5.23. The van der Waals surface area contributed by atoms with Gasteiger partial charge in [-0.25, -0.2) is 0 Å². The first-order chi connectivity index (χ1) is 4.27. The average molecular weight is 125 g/mol. The van der Waals surface area contributed by atoms with E-state index in [0.29, 0.717) is 0 Å². The van der Waals surface area contributed by atoms with Gasteiger partial charge in [0.1, 0.15) is 0 Å². The monoisotopic (exact) mass is 125 g/mol. The Bertz CT molecular complexity index is 101. The molecule has 0 aliphatic heterocycles. The van der Waals surface area contributed by atoms with Crippen LogP contribution in [0.3, 0.4) is 0 Å². The lowest BCUT2D eigenvalue weighted by Crippen LogP contribution is -2.09. The van der Waals surface area contributed by atoms with Gasteiger partial charge >= 0.3 is 0 Å². The van der Waals surface area contributed by atoms with E-state index in [9.17, 15) is 0 Å². The minimum atomic E-state index is 0.173. The van der Waals surface area contributed by atoms with Crippen molar-refractivity contribution in [3.05, 3.63) is 24.3 Å². The van der Waals surface area contributed by atoms with Crippen molar-refractivity contribution in [2.75, 3.05) is 0 Å². The van der Waals surface area contributed by atoms with Gasteiger partial charge in [-0.15, -0.1) is 0 Å². The molecular formula is C8H15N. The second-order valence-electron chi connectivity index (χ2n) is 2.08. The molecule has 0 radical (unpaired) electrons. The Hall–Kier alpha value is -0.560. The first kappa shape index (κ1) is 8.44. The van der Waals surface area contributed by atoms with Gasteiger partial charge in [0.2, 0.25) is 0 Å². The molecule has 1 heteroatoms. The van der Waals surface area contributed by atoms with E-state index in [1.165, 1.54) is 0 Å². The maximum atomic E-state index is 5.45. The maximum Gasteiger partial charge on any atom is 0.0197 e. The third-order valence-electron chi connectivity index (χ3n) is 0.898. The molecule has 0 aliphatic rings. The minimum Gasteiger partial charge on any atom is -0.325 e. The lowest BCUT2D eigenvalue weighted by atomic mass is 10.3. The van der Waals surface area contributed by atoms with E-state index in [2.05, 4.69) is 13.0 Å². The second-order valence-corrected chi connectivity index (χ2v) is 2.08. The number of allylic oxidation sites excluding steroid dienone is 3. The normalized spacial score (nSPS) is 15.4. The van der Waals surface area contributed by atoms with Crippen molar-refractivity contribution in [3.8, 4) is 0 Å². The molecule has 0 fully saturated rings. The Balaban J connectivity index is 3.35. The van der Waals surface area contributed by atoms with Gasteiger partial charge in [0, 0.05) is 6.04 Å². The highest BCUT2D eigenvalue weighted by Gasteiger charge is 1.77. The van der Waals surface area contributed by atoms with Gasteiger partial charge in [-0.05, 0) is 13.3 Å². The molecule has 0 aromatic heterocycles. The molecule has 0 amide bonds. The molecule has 0 aromatic carbocycles. The predicted octanol–water partition coefficient (Wildman–Crippen LogP) is 1.86. The van der Waals surface area contributed by atoms with Crippen molar-refractivity contribution in [2.24, 2.45) is 5.73 Å². The van der Waals surface area contributed by atoms with E-state index in [0.717, 1.165) is 6.42 Å². The number of hydrogen-bond acceptors (Lipinski definition) is 1. The molecule has 1 atom stereocenters. The van der Waals surface area contributed by atoms with Gasteiger partial charge in [-0.3, -0.25) is 0 Å². The van der Waals surface area contributed by atoms with Crippen LogP contribution in [0.5, 0.6) is 0 Å².